The van der Waals surface area contributed by atoms with E-state index in [4.69, 9.17) is 0 Å². The van der Waals surface area contributed by atoms with Crippen LogP contribution < -0.4 is 5.56 Å². The van der Waals surface area contributed by atoms with E-state index >= 15 is 0 Å². The van der Waals surface area contributed by atoms with E-state index in [1.165, 1.54) is 29.5 Å². The first-order chi connectivity index (χ1) is 13.2. The van der Waals surface area contributed by atoms with Crippen molar-refractivity contribution in [1.29, 1.82) is 0 Å². The van der Waals surface area contributed by atoms with Crippen LogP contribution in [0.2, 0.25) is 0 Å². The third-order valence-corrected chi connectivity index (χ3v) is 6.60. The van der Waals surface area contributed by atoms with Crippen LogP contribution in [-0.4, -0.2) is 39.2 Å². The summed E-state index contributed by atoms with van der Waals surface area (Å²) < 4.78 is 2.36. The number of aromatic nitrogens is 2. The Hall–Kier alpha value is -2.12. The molecule has 0 atom stereocenters. The Bertz CT molecular complexity index is 991. The zero-order valence-corrected chi connectivity index (χ0v) is 16.6. The van der Waals surface area contributed by atoms with Gasteiger partial charge in [-0.25, -0.2) is 4.98 Å². The van der Waals surface area contributed by atoms with Gasteiger partial charge in [0.25, 0.3) is 5.56 Å². The first-order valence-corrected chi connectivity index (χ1v) is 11.0. The summed E-state index contributed by atoms with van der Waals surface area (Å²) in [7, 11) is 0. The predicted octanol–water partition coefficient (Wildman–Crippen LogP) is 3.61. The first kappa shape index (κ1) is 18.3. The Kier molecular flexibility index (Phi) is 5.59. The van der Waals surface area contributed by atoms with Crippen LogP contribution in [0.25, 0.3) is 10.2 Å². The van der Waals surface area contributed by atoms with E-state index < -0.39 is 0 Å². The molecule has 0 bridgehead atoms. The molecule has 140 valence electrons. The molecule has 3 aromatic rings. The number of carbonyl (C=O) groups excluding carboxylic acids is 1. The molecular weight excluding hydrogens is 378 g/mol. The van der Waals surface area contributed by atoms with E-state index in [-0.39, 0.29) is 11.5 Å². The number of carbonyl (C=O) groups is 1. The molecule has 0 N–H and O–H groups in total. The fourth-order valence-electron chi connectivity index (χ4n) is 3.30. The molecule has 1 saturated heterocycles. The number of hydrogen-bond acceptors (Lipinski definition) is 5. The molecule has 4 rings (SSSR count). The molecular formula is C20H21N3O2S2. The van der Waals surface area contributed by atoms with Crippen LogP contribution in [-0.2, 0) is 11.3 Å². The summed E-state index contributed by atoms with van der Waals surface area (Å²) in [5.74, 6) is 0.447. The van der Waals surface area contributed by atoms with Crippen molar-refractivity contribution >= 4 is 39.2 Å². The molecule has 0 aliphatic carbocycles. The average Bonchev–Trinajstić information content (AvgIpc) is 3.19. The first-order valence-electron chi connectivity index (χ1n) is 9.15. The maximum atomic E-state index is 13.0. The molecule has 1 aliphatic heterocycles. The van der Waals surface area contributed by atoms with Crippen LogP contribution in [0.3, 0.4) is 0 Å². The largest absolute Gasteiger partial charge is 0.342 e. The molecule has 0 saturated carbocycles. The Morgan fingerprint density at radius 3 is 2.67 bits per heavy atom. The van der Waals surface area contributed by atoms with Gasteiger partial charge >= 0.3 is 0 Å². The summed E-state index contributed by atoms with van der Waals surface area (Å²) in [4.78, 5) is 32.1. The number of thiophene rings is 1. The highest BCUT2D eigenvalue weighted by Crippen LogP contribution is 2.22. The van der Waals surface area contributed by atoms with E-state index in [1.54, 1.807) is 4.57 Å². The van der Waals surface area contributed by atoms with Gasteiger partial charge in [0, 0.05) is 13.1 Å². The molecule has 1 aromatic carbocycles. The molecule has 1 fully saturated rings. The van der Waals surface area contributed by atoms with E-state index in [1.807, 2.05) is 46.7 Å². The highest BCUT2D eigenvalue weighted by Gasteiger charge is 2.19. The molecule has 27 heavy (non-hydrogen) atoms. The van der Waals surface area contributed by atoms with E-state index in [0.29, 0.717) is 27.7 Å². The number of hydrogen-bond donors (Lipinski definition) is 0. The van der Waals surface area contributed by atoms with E-state index in [2.05, 4.69) is 4.98 Å². The highest BCUT2D eigenvalue weighted by atomic mass is 32.2. The molecule has 5 nitrogen and oxygen atoms in total. The van der Waals surface area contributed by atoms with Gasteiger partial charge in [0.05, 0.1) is 17.8 Å². The third-order valence-electron chi connectivity index (χ3n) is 4.75. The van der Waals surface area contributed by atoms with Crippen molar-refractivity contribution in [3.05, 3.63) is 57.7 Å². The lowest BCUT2D eigenvalue weighted by Gasteiger charge is -2.26. The van der Waals surface area contributed by atoms with Gasteiger partial charge in [-0.15, -0.1) is 11.3 Å². The van der Waals surface area contributed by atoms with Crippen LogP contribution in [0, 0.1) is 0 Å². The highest BCUT2D eigenvalue weighted by molar-refractivity contribution is 7.99. The van der Waals surface area contributed by atoms with Crippen molar-refractivity contribution < 1.29 is 4.79 Å². The van der Waals surface area contributed by atoms with E-state index in [0.717, 1.165) is 31.5 Å². The average molecular weight is 400 g/mol. The number of likely N-dealkylation sites (tertiary alicyclic amines) is 1. The lowest BCUT2D eigenvalue weighted by Crippen LogP contribution is -2.37. The maximum Gasteiger partial charge on any atom is 0.272 e. The van der Waals surface area contributed by atoms with Gasteiger partial charge in [-0.2, -0.15) is 0 Å². The summed E-state index contributed by atoms with van der Waals surface area (Å²) >= 11 is 2.78. The molecule has 0 spiro atoms. The molecule has 0 radical (unpaired) electrons. The zero-order valence-electron chi connectivity index (χ0n) is 15.0. The van der Waals surface area contributed by atoms with Crippen LogP contribution >= 0.6 is 23.1 Å². The van der Waals surface area contributed by atoms with Gasteiger partial charge in [-0.3, -0.25) is 14.2 Å². The molecule has 0 unspecified atom stereocenters. The van der Waals surface area contributed by atoms with Gasteiger partial charge in [0.15, 0.2) is 5.16 Å². The quantitative estimate of drug-likeness (QED) is 0.486. The van der Waals surface area contributed by atoms with Crippen molar-refractivity contribution in [2.24, 2.45) is 0 Å². The van der Waals surface area contributed by atoms with E-state index in [9.17, 15) is 9.59 Å². The summed E-state index contributed by atoms with van der Waals surface area (Å²) in [6, 6.07) is 11.7. The van der Waals surface area contributed by atoms with Crippen molar-refractivity contribution in [3.8, 4) is 0 Å². The predicted molar refractivity (Wildman–Crippen MR) is 111 cm³/mol. The topological polar surface area (TPSA) is 55.2 Å². The summed E-state index contributed by atoms with van der Waals surface area (Å²) in [6.45, 7) is 2.14. The van der Waals surface area contributed by atoms with Gasteiger partial charge in [0.1, 0.15) is 4.70 Å². The Labute approximate surface area is 166 Å². The smallest absolute Gasteiger partial charge is 0.272 e. The second-order valence-corrected chi connectivity index (χ2v) is 8.49. The SMILES string of the molecule is O=C(CSc1nc2ccsc2c(=O)n1Cc1ccccc1)N1CCCCC1. The lowest BCUT2D eigenvalue weighted by molar-refractivity contribution is -0.129. The molecule has 1 aliphatic rings. The minimum Gasteiger partial charge on any atom is -0.342 e. The minimum atomic E-state index is -0.0354. The fraction of sp³-hybridized carbons (Fsp3) is 0.350. The number of piperidine rings is 1. The van der Waals surface area contributed by atoms with Crippen LogP contribution in [0.5, 0.6) is 0 Å². The van der Waals surface area contributed by atoms with Crippen molar-refractivity contribution in [3.63, 3.8) is 0 Å². The second-order valence-electron chi connectivity index (χ2n) is 6.64. The minimum absolute atomic E-state index is 0.0354. The standard InChI is InChI=1S/C20H21N3O2S2/c24-17(22-10-5-2-6-11-22)14-27-20-21-16-9-12-26-18(16)19(25)23(20)13-15-7-3-1-4-8-15/h1,3-4,7-9,12H,2,5-6,10-11,13-14H2. The number of fused-ring (bicyclic) bond motifs is 1. The van der Waals surface area contributed by atoms with Crippen molar-refractivity contribution in [2.45, 2.75) is 31.0 Å². The number of benzene rings is 1. The summed E-state index contributed by atoms with van der Waals surface area (Å²) in [5.41, 5.74) is 1.72. The Morgan fingerprint density at radius 1 is 1.11 bits per heavy atom. The Balaban J connectivity index is 1.61. The fourth-order valence-corrected chi connectivity index (χ4v) is 4.98. The molecule has 7 heteroatoms. The zero-order chi connectivity index (χ0) is 18.6. The second kappa shape index (κ2) is 8.27. The maximum absolute atomic E-state index is 13.0. The normalized spacial score (nSPS) is 14.6. The van der Waals surface area contributed by atoms with Gasteiger partial charge in [-0.1, -0.05) is 42.1 Å². The monoisotopic (exact) mass is 399 g/mol. The van der Waals surface area contributed by atoms with Gasteiger partial charge in [0.2, 0.25) is 5.91 Å². The molecule has 1 amide bonds. The Morgan fingerprint density at radius 2 is 1.89 bits per heavy atom. The number of amides is 1. The third kappa shape index (κ3) is 4.09. The van der Waals surface area contributed by atoms with Gasteiger partial charge < -0.3 is 4.90 Å². The van der Waals surface area contributed by atoms with Crippen LogP contribution in [0.4, 0.5) is 0 Å². The summed E-state index contributed by atoms with van der Waals surface area (Å²) in [5, 5.41) is 2.50. The number of thioether (sulfide) groups is 1. The lowest BCUT2D eigenvalue weighted by atomic mass is 10.1. The van der Waals surface area contributed by atoms with Crippen molar-refractivity contribution in [2.75, 3.05) is 18.8 Å². The van der Waals surface area contributed by atoms with Gasteiger partial charge in [-0.05, 0) is 36.3 Å². The number of nitrogens with zero attached hydrogens (tertiary/aromatic N) is 3. The molecule has 2 aromatic heterocycles. The molecule has 3 heterocycles. The van der Waals surface area contributed by atoms with Crippen molar-refractivity contribution in [1.82, 2.24) is 14.5 Å². The van der Waals surface area contributed by atoms with Crippen LogP contribution in [0.15, 0.2) is 51.7 Å². The summed E-state index contributed by atoms with van der Waals surface area (Å²) in [6.07, 6.45) is 3.35. The van der Waals surface area contributed by atoms with Crippen LogP contribution in [0.1, 0.15) is 24.8 Å². The number of rotatable bonds is 5.